The van der Waals surface area contributed by atoms with Crippen LogP contribution in [0.15, 0.2) is 261 Å². The lowest BCUT2D eigenvalue weighted by atomic mass is 10.00. The van der Waals surface area contributed by atoms with Gasteiger partial charge in [0.05, 0.1) is 22.7 Å². The van der Waals surface area contributed by atoms with Crippen molar-refractivity contribution in [3.05, 3.63) is 261 Å². The molecule has 1 aliphatic heterocycles. The van der Waals surface area contributed by atoms with Gasteiger partial charge in [0.25, 0.3) is 0 Å². The van der Waals surface area contributed by atoms with Gasteiger partial charge in [0, 0.05) is 28.4 Å². The first-order chi connectivity index (χ1) is 31.2. The maximum absolute atomic E-state index is 2.39. The highest BCUT2D eigenvalue weighted by Crippen LogP contribution is 2.54. The van der Waals surface area contributed by atoms with E-state index in [0.29, 0.717) is 0 Å². The van der Waals surface area contributed by atoms with Gasteiger partial charge in [-0.1, -0.05) is 176 Å². The van der Waals surface area contributed by atoms with E-state index in [2.05, 4.69) is 276 Å². The van der Waals surface area contributed by atoms with Gasteiger partial charge in [-0.05, 0) is 129 Å². The van der Waals surface area contributed by atoms with Crippen LogP contribution in [-0.2, 0) is 0 Å². The summed E-state index contributed by atoms with van der Waals surface area (Å²) in [7, 11) is 0. The van der Waals surface area contributed by atoms with E-state index < -0.39 is 0 Å². The fourth-order valence-electron chi connectivity index (χ4n) is 8.87. The van der Waals surface area contributed by atoms with Crippen LogP contribution in [0.2, 0.25) is 0 Å². The zero-order chi connectivity index (χ0) is 42.0. The van der Waals surface area contributed by atoms with Crippen molar-refractivity contribution in [1.29, 1.82) is 0 Å². The van der Waals surface area contributed by atoms with Crippen LogP contribution in [0.3, 0.4) is 0 Å². The van der Waals surface area contributed by atoms with Gasteiger partial charge < -0.3 is 14.7 Å². The predicted octanol–water partition coefficient (Wildman–Crippen LogP) is 17.1. The molecule has 0 aromatic heterocycles. The van der Waals surface area contributed by atoms with E-state index in [9.17, 15) is 0 Å². The molecule has 0 unspecified atom stereocenters. The molecule has 0 spiro atoms. The zero-order valence-electron chi connectivity index (χ0n) is 34.7. The first-order valence-electron chi connectivity index (χ1n) is 21.5. The molecule has 10 aromatic rings. The number of hydrogen-bond acceptors (Lipinski definition) is 3. The molecule has 11 rings (SSSR count). The van der Waals surface area contributed by atoms with Gasteiger partial charge in [-0.25, -0.2) is 0 Å². The predicted molar refractivity (Wildman–Crippen MR) is 266 cm³/mol. The average Bonchev–Trinajstić information content (AvgIpc) is 3.37. The summed E-state index contributed by atoms with van der Waals surface area (Å²) >= 11 is 0. The monoisotopic (exact) mass is 805 g/mol. The lowest BCUT2D eigenvalue weighted by Crippen LogP contribution is -2.23. The van der Waals surface area contributed by atoms with Gasteiger partial charge in [-0.15, -0.1) is 0 Å². The molecule has 0 radical (unpaired) electrons. The second-order valence-electron chi connectivity index (χ2n) is 15.8. The maximum Gasteiger partial charge on any atom is 0.0703 e. The molecule has 0 saturated heterocycles. The highest BCUT2D eigenvalue weighted by molar-refractivity contribution is 6.01. The molecule has 3 heteroatoms. The van der Waals surface area contributed by atoms with Crippen LogP contribution in [0.25, 0.3) is 44.5 Å². The average molecular weight is 806 g/mol. The van der Waals surface area contributed by atoms with Crippen molar-refractivity contribution >= 4 is 51.2 Å². The van der Waals surface area contributed by atoms with Gasteiger partial charge in [0.2, 0.25) is 0 Å². The van der Waals surface area contributed by atoms with Gasteiger partial charge in [0.1, 0.15) is 0 Å². The molecular weight excluding hydrogens is 763 g/mol. The Balaban J connectivity index is 0.929. The Morgan fingerprint density at radius 1 is 0.206 bits per heavy atom. The number of para-hydroxylation sites is 5. The largest absolute Gasteiger partial charge is 0.311 e. The smallest absolute Gasteiger partial charge is 0.0703 e. The van der Waals surface area contributed by atoms with Crippen molar-refractivity contribution < 1.29 is 0 Å². The summed E-state index contributed by atoms with van der Waals surface area (Å²) in [5.41, 5.74) is 19.6. The lowest BCUT2D eigenvalue weighted by Gasteiger charge is -2.40. The Bertz CT molecular complexity index is 3080. The van der Waals surface area contributed by atoms with E-state index >= 15 is 0 Å². The minimum atomic E-state index is 1.09. The Morgan fingerprint density at radius 3 is 0.873 bits per heavy atom. The fraction of sp³-hybridized carbons (Fsp3) is 0. The van der Waals surface area contributed by atoms with Gasteiger partial charge >= 0.3 is 0 Å². The van der Waals surface area contributed by atoms with Gasteiger partial charge in [-0.3, -0.25) is 0 Å². The second kappa shape index (κ2) is 16.6. The molecule has 63 heavy (non-hydrogen) atoms. The molecule has 0 saturated carbocycles. The number of rotatable bonds is 9. The van der Waals surface area contributed by atoms with Gasteiger partial charge in [-0.2, -0.15) is 0 Å². The van der Waals surface area contributed by atoms with E-state index in [1.165, 1.54) is 33.4 Å². The van der Waals surface area contributed by atoms with Crippen molar-refractivity contribution in [3.8, 4) is 44.5 Å². The topological polar surface area (TPSA) is 9.72 Å². The van der Waals surface area contributed by atoms with Crippen molar-refractivity contribution in [1.82, 2.24) is 0 Å². The quantitative estimate of drug-likeness (QED) is 0.144. The molecule has 298 valence electrons. The van der Waals surface area contributed by atoms with E-state index in [4.69, 9.17) is 0 Å². The molecule has 0 N–H and O–H groups in total. The summed E-state index contributed by atoms with van der Waals surface area (Å²) in [5.74, 6) is 0. The molecule has 1 heterocycles. The summed E-state index contributed by atoms with van der Waals surface area (Å²) in [6.45, 7) is 0. The van der Waals surface area contributed by atoms with Crippen molar-refractivity contribution in [2.45, 2.75) is 0 Å². The van der Waals surface area contributed by atoms with E-state index in [-0.39, 0.29) is 0 Å². The summed E-state index contributed by atoms with van der Waals surface area (Å²) in [6.07, 6.45) is 0. The molecule has 10 aromatic carbocycles. The van der Waals surface area contributed by atoms with Crippen LogP contribution < -0.4 is 14.7 Å². The molecule has 0 amide bonds. The molecule has 3 nitrogen and oxygen atoms in total. The number of benzene rings is 10. The maximum atomic E-state index is 2.39. The van der Waals surface area contributed by atoms with Crippen LogP contribution in [0.1, 0.15) is 0 Å². The first kappa shape index (κ1) is 37.6. The molecule has 0 bridgehead atoms. The Labute approximate surface area is 369 Å². The summed E-state index contributed by atoms with van der Waals surface area (Å²) in [4.78, 5) is 7.10. The normalized spacial score (nSPS) is 11.7. The van der Waals surface area contributed by atoms with E-state index in [1.807, 2.05) is 0 Å². The third-order valence-electron chi connectivity index (χ3n) is 12.0. The highest BCUT2D eigenvalue weighted by atomic mass is 15.3. The Morgan fingerprint density at radius 2 is 0.476 bits per heavy atom. The molecule has 0 fully saturated rings. The lowest BCUT2D eigenvalue weighted by molar-refractivity contribution is 1.17. The number of anilines is 9. The number of fused-ring (bicyclic) bond motifs is 2. The molecule has 0 aliphatic carbocycles. The molecular formula is C60H43N3. The molecule has 1 aliphatic rings. The summed E-state index contributed by atoms with van der Waals surface area (Å²) in [5, 5.41) is 0. The Hall–Kier alpha value is -8.40. The van der Waals surface area contributed by atoms with Crippen LogP contribution in [0, 0.1) is 0 Å². The first-order valence-corrected chi connectivity index (χ1v) is 21.5. The van der Waals surface area contributed by atoms with Crippen molar-refractivity contribution in [2.75, 3.05) is 14.7 Å². The number of nitrogens with zero attached hydrogens (tertiary/aromatic N) is 3. The van der Waals surface area contributed by atoms with Crippen LogP contribution in [0.5, 0.6) is 0 Å². The minimum Gasteiger partial charge on any atom is -0.311 e. The minimum absolute atomic E-state index is 1.09. The van der Waals surface area contributed by atoms with Crippen molar-refractivity contribution in [2.24, 2.45) is 0 Å². The van der Waals surface area contributed by atoms with Gasteiger partial charge in [0.15, 0.2) is 0 Å². The fourth-order valence-corrected chi connectivity index (χ4v) is 8.87. The number of hydrogen-bond donors (Lipinski definition) is 0. The zero-order valence-corrected chi connectivity index (χ0v) is 34.7. The molecule has 0 atom stereocenters. The van der Waals surface area contributed by atoms with Crippen molar-refractivity contribution in [3.63, 3.8) is 0 Å². The van der Waals surface area contributed by atoms with Crippen LogP contribution in [0.4, 0.5) is 51.2 Å². The SMILES string of the molecule is c1ccc(-c2ccc(-c3ccc(N(c4ccc(-c5ccccc5)cc4)c4ccc(-c5cccc(N6c7ccccc7N(c7ccccc7)c7ccccc76)c5)cc4)cc3)cc2)cc1. The van der Waals surface area contributed by atoms with Crippen LogP contribution in [-0.4, -0.2) is 0 Å². The second-order valence-corrected chi connectivity index (χ2v) is 15.8. The highest BCUT2D eigenvalue weighted by Gasteiger charge is 2.30. The summed E-state index contributed by atoms with van der Waals surface area (Å²) in [6, 6.07) is 93.7. The van der Waals surface area contributed by atoms with E-state index in [1.54, 1.807) is 0 Å². The Kier molecular flexibility index (Phi) is 9.89. The van der Waals surface area contributed by atoms with Crippen LogP contribution >= 0.6 is 0 Å². The standard InChI is InChI=1S/C60H43N3/c1-4-15-44(16-5-1)46-27-29-47(30-28-46)49-33-39-54(40-34-49)61(53-37-31-48(32-38-53)45-17-6-2-7-18-45)55-41-35-50(36-42-55)51-19-14-22-56(43-51)63-59-25-12-10-23-57(59)62(52-20-8-3-9-21-52)58-24-11-13-26-60(58)63/h1-43H. The summed E-state index contributed by atoms with van der Waals surface area (Å²) < 4.78 is 0. The third kappa shape index (κ3) is 7.32. The van der Waals surface area contributed by atoms with E-state index in [0.717, 1.165) is 62.3 Å². The third-order valence-corrected chi connectivity index (χ3v) is 12.0.